The predicted octanol–water partition coefficient (Wildman–Crippen LogP) is 2.69. The van der Waals surface area contributed by atoms with Crippen LogP contribution in [0.4, 0.5) is 14.5 Å². The highest BCUT2D eigenvalue weighted by Gasteiger charge is 2.26. The van der Waals surface area contributed by atoms with Crippen LogP contribution in [0.2, 0.25) is 0 Å². The van der Waals surface area contributed by atoms with E-state index in [-0.39, 0.29) is 11.8 Å². The Morgan fingerprint density at radius 2 is 2.10 bits per heavy atom. The van der Waals surface area contributed by atoms with Gasteiger partial charge in [0.15, 0.2) is 0 Å². The Labute approximate surface area is 126 Å². The maximum atomic E-state index is 12.3. The van der Waals surface area contributed by atoms with Crippen molar-refractivity contribution in [2.24, 2.45) is 11.7 Å². The summed E-state index contributed by atoms with van der Waals surface area (Å²) in [4.78, 5) is 12.5. The summed E-state index contributed by atoms with van der Waals surface area (Å²) in [5, 5.41) is 2.69. The minimum absolute atomic E-state index is 0.0948. The molecular weight excluding hydrogens is 298 g/mol. The van der Waals surface area contributed by atoms with Crippen LogP contribution in [-0.4, -0.2) is 30.9 Å². The largest absolute Gasteiger partial charge is 0.381 e. The lowest BCUT2D eigenvalue weighted by Gasteiger charge is -2.26. The molecule has 1 aromatic rings. The lowest BCUT2D eigenvalue weighted by Crippen LogP contribution is -2.44. The molecule has 116 valence electrons. The van der Waals surface area contributed by atoms with E-state index >= 15 is 0 Å². The molecule has 0 spiro atoms. The van der Waals surface area contributed by atoms with E-state index in [0.717, 1.165) is 12.8 Å². The zero-order valence-electron chi connectivity index (χ0n) is 11.4. The summed E-state index contributed by atoms with van der Waals surface area (Å²) < 4.78 is 29.9. The number of hydrogen-bond acceptors (Lipinski definition) is 4. The van der Waals surface area contributed by atoms with E-state index in [4.69, 9.17) is 10.5 Å². The van der Waals surface area contributed by atoms with Crippen molar-refractivity contribution in [3.63, 3.8) is 0 Å². The van der Waals surface area contributed by atoms with Crippen molar-refractivity contribution >= 4 is 23.4 Å². The number of nitrogens with one attached hydrogen (secondary N) is 1. The monoisotopic (exact) mass is 316 g/mol. The molecule has 0 radical (unpaired) electrons. The molecule has 1 heterocycles. The highest BCUT2D eigenvalue weighted by Crippen LogP contribution is 2.27. The van der Waals surface area contributed by atoms with Gasteiger partial charge in [-0.3, -0.25) is 4.79 Å². The Kier molecular flexibility index (Phi) is 5.96. The summed E-state index contributed by atoms with van der Waals surface area (Å²) in [6, 6.07) is 5.76. The van der Waals surface area contributed by atoms with E-state index in [0.29, 0.717) is 35.6 Å². The molecular formula is C14H18F2N2O2S. The van der Waals surface area contributed by atoms with Gasteiger partial charge >= 0.3 is 0 Å². The van der Waals surface area contributed by atoms with Crippen molar-refractivity contribution in [2.45, 2.75) is 29.5 Å². The topological polar surface area (TPSA) is 64.4 Å². The molecule has 21 heavy (non-hydrogen) atoms. The molecule has 0 saturated carbocycles. The molecule has 3 N–H and O–H groups in total. The van der Waals surface area contributed by atoms with Crippen molar-refractivity contribution < 1.29 is 18.3 Å². The van der Waals surface area contributed by atoms with E-state index in [1.807, 2.05) is 0 Å². The fourth-order valence-electron chi connectivity index (χ4n) is 2.26. The van der Waals surface area contributed by atoms with Gasteiger partial charge in [-0.15, -0.1) is 0 Å². The van der Waals surface area contributed by atoms with Crippen molar-refractivity contribution in [1.29, 1.82) is 0 Å². The van der Waals surface area contributed by atoms with Crippen LogP contribution in [-0.2, 0) is 9.53 Å². The number of amides is 1. The van der Waals surface area contributed by atoms with E-state index < -0.39 is 11.8 Å². The minimum atomic E-state index is -2.49. The molecule has 0 aliphatic carbocycles. The SMILES string of the molecule is NC(C(=O)Nc1cccc(SC(F)F)c1)C1CCOCC1. The Bertz CT molecular complexity index is 482. The first-order chi connectivity index (χ1) is 10.1. The van der Waals surface area contributed by atoms with E-state index in [1.54, 1.807) is 18.2 Å². The Balaban J connectivity index is 1.95. The van der Waals surface area contributed by atoms with Crippen LogP contribution in [0, 0.1) is 5.92 Å². The van der Waals surface area contributed by atoms with E-state index in [9.17, 15) is 13.6 Å². The maximum Gasteiger partial charge on any atom is 0.288 e. The van der Waals surface area contributed by atoms with Crippen LogP contribution < -0.4 is 11.1 Å². The quantitative estimate of drug-likeness (QED) is 0.820. The molecule has 7 heteroatoms. The summed E-state index contributed by atoms with van der Waals surface area (Å²) in [7, 11) is 0. The number of alkyl halides is 2. The van der Waals surface area contributed by atoms with Gasteiger partial charge in [0.1, 0.15) is 0 Å². The van der Waals surface area contributed by atoms with Crippen LogP contribution >= 0.6 is 11.8 Å². The molecule has 0 aromatic heterocycles. The molecule has 1 aromatic carbocycles. The summed E-state index contributed by atoms with van der Waals surface area (Å²) in [6.07, 6.45) is 1.52. The van der Waals surface area contributed by atoms with Crippen LogP contribution in [0.25, 0.3) is 0 Å². The molecule has 1 atom stereocenters. The second-order valence-electron chi connectivity index (χ2n) is 4.87. The molecule has 2 rings (SSSR count). The summed E-state index contributed by atoms with van der Waals surface area (Å²) in [6.45, 7) is 1.23. The summed E-state index contributed by atoms with van der Waals surface area (Å²) in [5.41, 5.74) is 6.45. The highest BCUT2D eigenvalue weighted by molar-refractivity contribution is 7.99. The number of halogens is 2. The maximum absolute atomic E-state index is 12.3. The van der Waals surface area contributed by atoms with Crippen LogP contribution in [0.15, 0.2) is 29.2 Å². The first kappa shape index (κ1) is 16.2. The third-order valence-corrected chi connectivity index (χ3v) is 4.11. The van der Waals surface area contributed by atoms with Gasteiger partial charge < -0.3 is 15.8 Å². The van der Waals surface area contributed by atoms with Gasteiger partial charge in [0.05, 0.1) is 6.04 Å². The van der Waals surface area contributed by atoms with Crippen LogP contribution in [0.3, 0.4) is 0 Å². The van der Waals surface area contributed by atoms with E-state index in [2.05, 4.69) is 5.32 Å². The van der Waals surface area contributed by atoms with Crippen molar-refractivity contribution in [1.82, 2.24) is 0 Å². The average Bonchev–Trinajstić information content (AvgIpc) is 2.47. The lowest BCUT2D eigenvalue weighted by atomic mass is 9.92. The Hall–Kier alpha value is -1.18. The lowest BCUT2D eigenvalue weighted by molar-refractivity contribution is -0.119. The number of carbonyl (C=O) groups excluding carboxylic acids is 1. The van der Waals surface area contributed by atoms with Gasteiger partial charge in [-0.05, 0) is 37.0 Å². The van der Waals surface area contributed by atoms with E-state index in [1.165, 1.54) is 6.07 Å². The standard InChI is InChI=1S/C14H18F2N2O2S/c15-14(16)21-11-3-1-2-10(8-11)18-13(19)12(17)9-4-6-20-7-5-9/h1-3,8-9,12,14H,4-7,17H2,(H,18,19). The Morgan fingerprint density at radius 1 is 1.38 bits per heavy atom. The second kappa shape index (κ2) is 7.72. The number of rotatable bonds is 5. The fraction of sp³-hybridized carbons (Fsp3) is 0.500. The van der Waals surface area contributed by atoms with Gasteiger partial charge in [-0.1, -0.05) is 17.8 Å². The number of hydrogen-bond donors (Lipinski definition) is 2. The fourth-order valence-corrected chi connectivity index (χ4v) is 2.82. The number of carbonyl (C=O) groups is 1. The first-order valence-electron chi connectivity index (χ1n) is 6.75. The number of thioether (sulfide) groups is 1. The third kappa shape index (κ3) is 4.94. The summed E-state index contributed by atoms with van der Waals surface area (Å²) in [5.74, 6) is -2.68. The molecule has 1 aliphatic heterocycles. The minimum Gasteiger partial charge on any atom is -0.381 e. The molecule has 0 bridgehead atoms. The van der Waals surface area contributed by atoms with Gasteiger partial charge in [0.2, 0.25) is 5.91 Å². The predicted molar refractivity (Wildman–Crippen MR) is 78.5 cm³/mol. The number of benzene rings is 1. The van der Waals surface area contributed by atoms with Gasteiger partial charge in [0, 0.05) is 23.8 Å². The zero-order chi connectivity index (χ0) is 15.2. The van der Waals surface area contributed by atoms with Crippen LogP contribution in [0.5, 0.6) is 0 Å². The van der Waals surface area contributed by atoms with Gasteiger partial charge in [-0.2, -0.15) is 8.78 Å². The summed E-state index contributed by atoms with van der Waals surface area (Å²) >= 11 is 0.444. The van der Waals surface area contributed by atoms with Crippen molar-refractivity contribution in [3.8, 4) is 0 Å². The number of ether oxygens (including phenoxy) is 1. The molecule has 1 amide bonds. The third-order valence-electron chi connectivity index (χ3n) is 3.40. The average molecular weight is 316 g/mol. The molecule has 4 nitrogen and oxygen atoms in total. The van der Waals surface area contributed by atoms with Crippen molar-refractivity contribution in [3.05, 3.63) is 24.3 Å². The second-order valence-corrected chi connectivity index (χ2v) is 5.93. The molecule has 1 saturated heterocycles. The zero-order valence-corrected chi connectivity index (χ0v) is 12.2. The molecule has 1 unspecified atom stereocenters. The van der Waals surface area contributed by atoms with Gasteiger partial charge in [0.25, 0.3) is 5.76 Å². The first-order valence-corrected chi connectivity index (χ1v) is 7.63. The van der Waals surface area contributed by atoms with Crippen LogP contribution in [0.1, 0.15) is 12.8 Å². The molecule has 1 aliphatic rings. The van der Waals surface area contributed by atoms with Gasteiger partial charge in [-0.25, -0.2) is 0 Å². The number of anilines is 1. The Morgan fingerprint density at radius 3 is 2.76 bits per heavy atom. The molecule has 1 fully saturated rings. The smallest absolute Gasteiger partial charge is 0.288 e. The van der Waals surface area contributed by atoms with Crippen molar-refractivity contribution in [2.75, 3.05) is 18.5 Å². The normalized spacial score (nSPS) is 17.7. The highest BCUT2D eigenvalue weighted by atomic mass is 32.2. The number of nitrogens with two attached hydrogens (primary N) is 1.